The van der Waals surface area contributed by atoms with Crippen molar-refractivity contribution in [3.05, 3.63) is 24.5 Å². The smallest absolute Gasteiger partial charge is 0.220 e. The number of nitrogens with one attached hydrogen (secondary N) is 1. The van der Waals surface area contributed by atoms with E-state index < -0.39 is 0 Å². The number of carbonyl (C=O) groups is 1. The third-order valence-electron chi connectivity index (χ3n) is 3.29. The first-order chi connectivity index (χ1) is 8.76. The maximum Gasteiger partial charge on any atom is 0.220 e. The summed E-state index contributed by atoms with van der Waals surface area (Å²) >= 11 is 0. The van der Waals surface area contributed by atoms with Gasteiger partial charge in [-0.3, -0.25) is 4.79 Å². The van der Waals surface area contributed by atoms with Gasteiger partial charge in [-0.25, -0.2) is 0 Å². The van der Waals surface area contributed by atoms with Crippen molar-refractivity contribution >= 4 is 5.91 Å². The van der Waals surface area contributed by atoms with Crippen molar-refractivity contribution < 1.29 is 4.79 Å². The van der Waals surface area contributed by atoms with Crippen molar-refractivity contribution in [3.63, 3.8) is 0 Å². The summed E-state index contributed by atoms with van der Waals surface area (Å²) in [5, 5.41) is 2.95. The number of rotatable bonds is 9. The molecule has 0 radical (unpaired) electrons. The van der Waals surface area contributed by atoms with Crippen LogP contribution in [0.5, 0.6) is 0 Å². The zero-order valence-corrected chi connectivity index (χ0v) is 11.3. The molecule has 0 fully saturated rings. The molecule has 0 aliphatic rings. The number of hydrogen-bond acceptors (Lipinski definition) is 2. The number of hydrogen-bond donors (Lipinski definition) is 2. The molecule has 1 amide bonds. The summed E-state index contributed by atoms with van der Waals surface area (Å²) in [5.41, 5.74) is 5.54. The summed E-state index contributed by atoms with van der Waals surface area (Å²) < 4.78 is 2.06. The molecule has 0 aromatic carbocycles. The molecule has 1 heterocycles. The first kappa shape index (κ1) is 14.8. The highest BCUT2D eigenvalue weighted by molar-refractivity contribution is 5.75. The third-order valence-corrected chi connectivity index (χ3v) is 3.29. The number of nitrogens with zero attached hydrogens (tertiary/aromatic N) is 1. The monoisotopic (exact) mass is 251 g/mol. The van der Waals surface area contributed by atoms with Crippen LogP contribution in [0.2, 0.25) is 0 Å². The molecule has 1 atom stereocenters. The zero-order valence-electron chi connectivity index (χ0n) is 11.3. The molecule has 18 heavy (non-hydrogen) atoms. The number of carbonyl (C=O) groups excluding carboxylic acids is 1. The molecule has 1 unspecified atom stereocenters. The number of amides is 1. The maximum atomic E-state index is 11.6. The van der Waals surface area contributed by atoms with Crippen molar-refractivity contribution in [2.24, 2.45) is 11.7 Å². The predicted molar refractivity (Wildman–Crippen MR) is 74.1 cm³/mol. The third kappa shape index (κ3) is 5.87. The average Bonchev–Trinajstić information content (AvgIpc) is 2.87. The van der Waals surface area contributed by atoms with E-state index in [2.05, 4.69) is 16.8 Å². The van der Waals surface area contributed by atoms with E-state index in [0.717, 1.165) is 25.8 Å². The average molecular weight is 251 g/mol. The lowest BCUT2D eigenvalue weighted by Crippen LogP contribution is -2.27. The van der Waals surface area contributed by atoms with E-state index in [1.807, 2.05) is 24.5 Å². The molecular weight excluding hydrogens is 226 g/mol. The van der Waals surface area contributed by atoms with Crippen molar-refractivity contribution in [2.75, 3.05) is 13.1 Å². The number of nitrogens with two attached hydrogens (primary N) is 1. The van der Waals surface area contributed by atoms with E-state index >= 15 is 0 Å². The van der Waals surface area contributed by atoms with Crippen LogP contribution >= 0.6 is 0 Å². The standard InChI is InChI=1S/C14H25N3O/c1-2-13(7-8-15)5-6-14(18)16-9-12-17-10-3-4-11-17/h3-4,10-11,13H,2,5-9,12,15H2,1H3,(H,16,18). The minimum atomic E-state index is 0.151. The molecule has 1 aromatic rings. The van der Waals surface area contributed by atoms with Crippen LogP contribution in [0.25, 0.3) is 0 Å². The van der Waals surface area contributed by atoms with Crippen LogP contribution in [0.3, 0.4) is 0 Å². The Morgan fingerprint density at radius 2 is 2.06 bits per heavy atom. The Balaban J connectivity index is 2.09. The normalized spacial score (nSPS) is 12.3. The first-order valence-corrected chi connectivity index (χ1v) is 6.83. The van der Waals surface area contributed by atoms with Crippen LogP contribution in [0, 0.1) is 5.92 Å². The minimum absolute atomic E-state index is 0.151. The van der Waals surface area contributed by atoms with Gasteiger partial charge in [-0.1, -0.05) is 13.3 Å². The second-order valence-electron chi connectivity index (χ2n) is 4.66. The Morgan fingerprint density at radius 1 is 1.33 bits per heavy atom. The van der Waals surface area contributed by atoms with Gasteiger partial charge < -0.3 is 15.6 Å². The maximum absolute atomic E-state index is 11.6. The zero-order chi connectivity index (χ0) is 13.2. The molecule has 1 aromatic heterocycles. The molecule has 4 nitrogen and oxygen atoms in total. The highest BCUT2D eigenvalue weighted by Gasteiger charge is 2.08. The second kappa shape index (κ2) is 8.75. The van der Waals surface area contributed by atoms with E-state index in [0.29, 0.717) is 25.4 Å². The molecule has 4 heteroatoms. The lowest BCUT2D eigenvalue weighted by atomic mass is 9.96. The van der Waals surface area contributed by atoms with Gasteiger partial charge in [-0.2, -0.15) is 0 Å². The van der Waals surface area contributed by atoms with Crippen LogP contribution in [-0.4, -0.2) is 23.6 Å². The lowest BCUT2D eigenvalue weighted by Gasteiger charge is -2.13. The van der Waals surface area contributed by atoms with Crippen LogP contribution in [0.4, 0.5) is 0 Å². The van der Waals surface area contributed by atoms with Crippen molar-refractivity contribution in [1.82, 2.24) is 9.88 Å². The van der Waals surface area contributed by atoms with Gasteiger partial charge in [0.15, 0.2) is 0 Å². The minimum Gasteiger partial charge on any atom is -0.354 e. The van der Waals surface area contributed by atoms with Gasteiger partial charge in [-0.05, 0) is 37.4 Å². The summed E-state index contributed by atoms with van der Waals surface area (Å²) in [6.07, 6.45) is 7.69. The quantitative estimate of drug-likeness (QED) is 0.702. The summed E-state index contributed by atoms with van der Waals surface area (Å²) in [6.45, 7) is 4.40. The Bertz CT molecular complexity index is 322. The van der Waals surface area contributed by atoms with Crippen LogP contribution in [-0.2, 0) is 11.3 Å². The highest BCUT2D eigenvalue weighted by Crippen LogP contribution is 2.14. The van der Waals surface area contributed by atoms with Crippen LogP contribution in [0.15, 0.2) is 24.5 Å². The van der Waals surface area contributed by atoms with Gasteiger partial charge in [0.05, 0.1) is 0 Å². The van der Waals surface area contributed by atoms with Crippen LogP contribution < -0.4 is 11.1 Å². The Labute approximate surface area is 110 Å². The largest absolute Gasteiger partial charge is 0.354 e. The molecule has 3 N–H and O–H groups in total. The molecule has 0 aliphatic heterocycles. The summed E-state index contributed by atoms with van der Waals surface area (Å²) in [6, 6.07) is 3.97. The fourth-order valence-corrected chi connectivity index (χ4v) is 2.06. The van der Waals surface area contributed by atoms with E-state index in [9.17, 15) is 4.79 Å². The summed E-state index contributed by atoms with van der Waals surface area (Å²) in [4.78, 5) is 11.6. The van der Waals surface area contributed by atoms with E-state index in [4.69, 9.17) is 5.73 Å². The van der Waals surface area contributed by atoms with Gasteiger partial charge in [0, 0.05) is 31.9 Å². The van der Waals surface area contributed by atoms with Gasteiger partial charge in [-0.15, -0.1) is 0 Å². The predicted octanol–water partition coefficient (Wildman–Crippen LogP) is 1.76. The fourth-order valence-electron chi connectivity index (χ4n) is 2.06. The Hall–Kier alpha value is -1.29. The van der Waals surface area contributed by atoms with Crippen molar-refractivity contribution in [3.8, 4) is 0 Å². The molecule has 0 bridgehead atoms. The van der Waals surface area contributed by atoms with Gasteiger partial charge in [0.2, 0.25) is 5.91 Å². The molecule has 0 saturated heterocycles. The molecule has 102 valence electrons. The first-order valence-electron chi connectivity index (χ1n) is 6.83. The second-order valence-corrected chi connectivity index (χ2v) is 4.66. The van der Waals surface area contributed by atoms with E-state index in [1.54, 1.807) is 0 Å². The summed E-state index contributed by atoms with van der Waals surface area (Å²) in [5.74, 6) is 0.739. The fraction of sp³-hybridized carbons (Fsp3) is 0.643. The van der Waals surface area contributed by atoms with Crippen LogP contribution in [0.1, 0.15) is 32.6 Å². The molecule has 0 spiro atoms. The van der Waals surface area contributed by atoms with E-state index in [-0.39, 0.29) is 5.91 Å². The van der Waals surface area contributed by atoms with Gasteiger partial charge >= 0.3 is 0 Å². The van der Waals surface area contributed by atoms with Crippen molar-refractivity contribution in [1.29, 1.82) is 0 Å². The molecular formula is C14H25N3O. The molecule has 0 aliphatic carbocycles. The highest BCUT2D eigenvalue weighted by atomic mass is 16.1. The molecule has 1 rings (SSSR count). The van der Waals surface area contributed by atoms with Gasteiger partial charge in [0.1, 0.15) is 0 Å². The topological polar surface area (TPSA) is 60.1 Å². The SMILES string of the molecule is CCC(CCN)CCC(=O)NCCn1cccc1. The van der Waals surface area contributed by atoms with E-state index in [1.165, 1.54) is 0 Å². The number of aromatic nitrogens is 1. The summed E-state index contributed by atoms with van der Waals surface area (Å²) in [7, 11) is 0. The molecule has 0 saturated carbocycles. The Morgan fingerprint density at radius 3 is 2.67 bits per heavy atom. The Kier molecular flexibility index (Phi) is 7.18. The van der Waals surface area contributed by atoms with Gasteiger partial charge in [0.25, 0.3) is 0 Å². The lowest BCUT2D eigenvalue weighted by molar-refractivity contribution is -0.121. The van der Waals surface area contributed by atoms with Crippen molar-refractivity contribution in [2.45, 2.75) is 39.2 Å².